The van der Waals surface area contributed by atoms with Gasteiger partial charge in [-0.15, -0.1) is 0 Å². The average molecular weight is 824 g/mol. The molecule has 0 bridgehead atoms. The van der Waals surface area contributed by atoms with Crippen LogP contribution in [-0.2, 0) is 32.0 Å². The summed E-state index contributed by atoms with van der Waals surface area (Å²) < 4.78 is 104. The number of phenols is 2. The number of hydrogen-bond donors (Lipinski definition) is 3. The van der Waals surface area contributed by atoms with Gasteiger partial charge in [-0.2, -0.15) is 0 Å². The van der Waals surface area contributed by atoms with Gasteiger partial charge in [0.05, 0.1) is 52.9 Å². The third-order valence-electron chi connectivity index (χ3n) is 6.97. The van der Waals surface area contributed by atoms with E-state index in [0.717, 1.165) is 24.6 Å². The van der Waals surface area contributed by atoms with Gasteiger partial charge in [0.25, 0.3) is 0 Å². The Morgan fingerprint density at radius 2 is 0.679 bits per heavy atom. The molecule has 0 aliphatic rings. The Morgan fingerprint density at radius 1 is 0.393 bits per heavy atom. The van der Waals surface area contributed by atoms with E-state index < -0.39 is 7.81 Å². The predicted molar refractivity (Wildman–Crippen MR) is 197 cm³/mol. The number of halogens is 6. The first-order chi connectivity index (χ1) is 26.6. The summed E-state index contributed by atoms with van der Waals surface area (Å²) in [4.78, 5) is 0. The van der Waals surface area contributed by atoms with Gasteiger partial charge in [-0.25, -0.2) is 0 Å². The van der Waals surface area contributed by atoms with Crippen molar-refractivity contribution in [2.45, 2.75) is 13.1 Å². The molecule has 4 N–H and O–H groups in total. The summed E-state index contributed by atoms with van der Waals surface area (Å²) in [5.41, 5.74) is 2.45. The Bertz CT molecular complexity index is 1550. The summed E-state index contributed by atoms with van der Waals surface area (Å²) in [6.07, 6.45) is 0. The number of hydrogen-bond acceptors (Lipinski definition) is 10. The van der Waals surface area contributed by atoms with Gasteiger partial charge >= 0.3 is 33.0 Å². The number of benzene rings is 4. The maximum atomic E-state index is 9.87. The molecule has 0 radical (unpaired) electrons. The Kier molecular flexibility index (Phi) is 18.8. The van der Waals surface area contributed by atoms with Gasteiger partial charge in [-0.3, -0.25) is 0 Å². The van der Waals surface area contributed by atoms with Crippen molar-refractivity contribution in [3.05, 3.63) is 108 Å². The van der Waals surface area contributed by atoms with Crippen molar-refractivity contribution in [1.29, 1.82) is 0 Å². The first-order valence-electron chi connectivity index (χ1n) is 17.6. The Hall–Kier alpha value is -4.51. The zero-order chi connectivity index (χ0) is 40.6. The van der Waals surface area contributed by atoms with Crippen molar-refractivity contribution in [1.82, 2.24) is 0 Å². The van der Waals surface area contributed by atoms with Crippen LogP contribution >= 0.6 is 7.81 Å². The molecule has 0 unspecified atom stereocenters. The molecule has 0 aliphatic carbocycles. The average Bonchev–Trinajstić information content (AvgIpc) is 3.13. The maximum absolute atomic E-state index is 10.7. The first kappa shape index (κ1) is 45.9. The Balaban J connectivity index is 0.00000109. The molecule has 11 nitrogen and oxygen atoms in total. The molecule has 18 heteroatoms. The largest absolute Gasteiger partial charge is 0.508 e. The van der Waals surface area contributed by atoms with Crippen molar-refractivity contribution < 1.29 is 78.6 Å². The molecule has 0 saturated heterocycles. The molecule has 0 saturated carbocycles. The van der Waals surface area contributed by atoms with Gasteiger partial charge in [-0.1, -0.05) is 12.1 Å². The standard InChI is InChI=1S/C38H47NO10.F6P/c40-33-3-1-5-37(27-33)48-25-21-44-17-15-42-19-23-46-35-11-7-31(8-12-35)29-39-30-32-9-13-36(14-10-32)47-24-20-43-16-18-45-22-26-49-38-6-2-4-34(41)28-38;1-7(2,3,4,5)6/h1-14,27-28,39-41H,15-26,29-30H2;/q;-1/p+1. The minimum Gasteiger partial charge on any atom is -0.508 e. The summed E-state index contributed by atoms with van der Waals surface area (Å²) in [7, 11) is -10.7. The van der Waals surface area contributed by atoms with Crippen LogP contribution in [0.25, 0.3) is 0 Å². The van der Waals surface area contributed by atoms with Crippen LogP contribution < -0.4 is 24.3 Å². The van der Waals surface area contributed by atoms with E-state index in [2.05, 4.69) is 29.6 Å². The normalized spacial score (nSPS) is 12.5. The molecule has 0 spiro atoms. The smallest absolute Gasteiger partial charge is 0.123 e. The van der Waals surface area contributed by atoms with Crippen LogP contribution in [-0.4, -0.2) is 89.5 Å². The van der Waals surface area contributed by atoms with E-state index >= 15 is 0 Å². The summed E-state index contributed by atoms with van der Waals surface area (Å²) >= 11 is 0. The number of quaternary nitrogens is 1. The van der Waals surface area contributed by atoms with Crippen LogP contribution in [0.3, 0.4) is 0 Å². The molecule has 56 heavy (non-hydrogen) atoms. The molecule has 0 aromatic heterocycles. The van der Waals surface area contributed by atoms with Crippen molar-refractivity contribution >= 4 is 7.81 Å². The molecule has 0 atom stereocenters. The number of rotatable bonds is 26. The summed E-state index contributed by atoms with van der Waals surface area (Å²) in [5.74, 6) is 3.21. The van der Waals surface area contributed by atoms with Gasteiger partial charge in [-0.05, 0) is 72.8 Å². The van der Waals surface area contributed by atoms with Crippen LogP contribution in [0.2, 0.25) is 0 Å². The molecule has 312 valence electrons. The molecule has 4 rings (SSSR count). The minimum absolute atomic E-state index is 0.176. The Morgan fingerprint density at radius 3 is 0.982 bits per heavy atom. The second kappa shape index (κ2) is 22.9. The number of ether oxygens (including phenoxy) is 8. The van der Waals surface area contributed by atoms with Crippen molar-refractivity contribution in [2.24, 2.45) is 0 Å². The molecule has 4 aromatic rings. The molecule has 4 aromatic carbocycles. The molecule has 0 aliphatic heterocycles. The summed E-state index contributed by atoms with van der Waals surface area (Å²) in [6.45, 7) is 7.23. The summed E-state index contributed by atoms with van der Waals surface area (Å²) in [6, 6.07) is 29.6. The number of aromatic hydroxyl groups is 2. The van der Waals surface area contributed by atoms with Gasteiger partial charge in [0.2, 0.25) is 0 Å². The zero-order valence-electron chi connectivity index (χ0n) is 30.6. The van der Waals surface area contributed by atoms with Crippen LogP contribution in [0.15, 0.2) is 97.1 Å². The van der Waals surface area contributed by atoms with E-state index in [0.29, 0.717) is 90.8 Å². The van der Waals surface area contributed by atoms with Crippen LogP contribution in [0.5, 0.6) is 34.5 Å². The van der Waals surface area contributed by atoms with E-state index in [1.807, 2.05) is 24.3 Å². The zero-order valence-corrected chi connectivity index (χ0v) is 31.5. The first-order valence-corrected chi connectivity index (χ1v) is 19.6. The second-order valence-electron chi connectivity index (χ2n) is 11.8. The van der Waals surface area contributed by atoms with Crippen LogP contribution in [0.1, 0.15) is 11.1 Å². The molecule has 0 amide bonds. The number of nitrogens with two attached hydrogens (primary N) is 1. The SMILES string of the molecule is F[P-](F)(F)(F)(F)F.Oc1cccc(OCCOCCOCCOc2ccc(C[NH2+]Cc3ccc(OCCOCCOCCOc4cccc(O)c4)cc3)cc2)c1. The monoisotopic (exact) mass is 823 g/mol. The van der Waals surface area contributed by atoms with Gasteiger partial charge in [0, 0.05) is 23.3 Å². The molecular formula is C38H48F6NO10P. The molecular weight excluding hydrogens is 775 g/mol. The van der Waals surface area contributed by atoms with Crippen LogP contribution in [0, 0.1) is 0 Å². The van der Waals surface area contributed by atoms with Gasteiger partial charge in [0.1, 0.15) is 74.0 Å². The quantitative estimate of drug-likeness (QED) is 0.0329. The van der Waals surface area contributed by atoms with Crippen molar-refractivity contribution in [3.8, 4) is 34.5 Å². The van der Waals surface area contributed by atoms with E-state index in [9.17, 15) is 35.4 Å². The Labute approximate surface area is 321 Å². The van der Waals surface area contributed by atoms with Gasteiger partial charge in [0.15, 0.2) is 0 Å². The fourth-order valence-electron chi connectivity index (χ4n) is 4.51. The predicted octanol–water partition coefficient (Wildman–Crippen LogP) is 7.73. The fourth-order valence-corrected chi connectivity index (χ4v) is 4.51. The second-order valence-corrected chi connectivity index (χ2v) is 13.7. The minimum atomic E-state index is -10.7. The van der Waals surface area contributed by atoms with E-state index in [1.54, 1.807) is 48.5 Å². The molecule has 0 heterocycles. The maximum Gasteiger partial charge on any atom is 0.123 e. The van der Waals surface area contributed by atoms with Gasteiger partial charge < -0.3 is 53.4 Å². The van der Waals surface area contributed by atoms with Crippen molar-refractivity contribution in [3.63, 3.8) is 0 Å². The fraction of sp³-hybridized carbons (Fsp3) is 0.368. The summed E-state index contributed by atoms with van der Waals surface area (Å²) in [5, 5.41) is 21.1. The number of phenolic OH excluding ortho intramolecular Hbond substituents is 2. The topological polar surface area (TPSA) is 131 Å². The third kappa shape index (κ3) is 25.5. The van der Waals surface area contributed by atoms with Crippen molar-refractivity contribution in [2.75, 3.05) is 79.3 Å². The van der Waals surface area contributed by atoms with E-state index in [1.165, 1.54) is 11.1 Å². The van der Waals surface area contributed by atoms with E-state index in [4.69, 9.17) is 37.9 Å². The molecule has 0 fully saturated rings. The van der Waals surface area contributed by atoms with Crippen LogP contribution in [0.4, 0.5) is 25.2 Å². The third-order valence-corrected chi connectivity index (χ3v) is 6.97. The van der Waals surface area contributed by atoms with E-state index in [-0.39, 0.29) is 11.5 Å².